The van der Waals surface area contributed by atoms with Gasteiger partial charge in [-0.3, -0.25) is 14.3 Å². The van der Waals surface area contributed by atoms with Crippen molar-refractivity contribution in [2.24, 2.45) is 11.8 Å². The molecule has 52 heavy (non-hydrogen) atoms. The molecule has 1 saturated carbocycles. The van der Waals surface area contributed by atoms with Crippen LogP contribution in [0, 0.1) is 11.8 Å². The summed E-state index contributed by atoms with van der Waals surface area (Å²) in [5.74, 6) is 1.94. The first kappa shape index (κ1) is 43.4. The highest BCUT2D eigenvalue weighted by molar-refractivity contribution is 7.81. The van der Waals surface area contributed by atoms with Crippen LogP contribution in [0.4, 0.5) is 5.69 Å². The minimum atomic E-state index is -1.36. The summed E-state index contributed by atoms with van der Waals surface area (Å²) in [5.41, 5.74) is 4.52. The van der Waals surface area contributed by atoms with Gasteiger partial charge in [0.1, 0.15) is 5.75 Å². The molecule has 2 aromatic carbocycles. The first-order chi connectivity index (χ1) is 24.9. The Kier molecular flexibility index (Phi) is 18.6. The van der Waals surface area contributed by atoms with Crippen LogP contribution in [0.2, 0.25) is 5.02 Å². The number of benzene rings is 2. The number of methoxy groups -OCH3 is 1. The van der Waals surface area contributed by atoms with Crippen molar-refractivity contribution in [1.82, 2.24) is 13.9 Å². The maximum absolute atomic E-state index is 11.6. The van der Waals surface area contributed by atoms with Gasteiger partial charge < -0.3 is 29.1 Å². The fourth-order valence-corrected chi connectivity index (χ4v) is 7.01. The minimum absolute atomic E-state index is 0.0127. The number of halogens is 1. The van der Waals surface area contributed by atoms with Gasteiger partial charge >= 0.3 is 0 Å². The quantitative estimate of drug-likeness (QED) is 0.113. The molecule has 2 aliphatic rings. The Morgan fingerprint density at radius 2 is 1.96 bits per heavy atom. The molecule has 1 aliphatic heterocycles. The lowest BCUT2D eigenvalue weighted by Gasteiger charge is -2.44. The van der Waals surface area contributed by atoms with Gasteiger partial charge in [-0.15, -0.1) is 0 Å². The van der Waals surface area contributed by atoms with Gasteiger partial charge in [-0.2, -0.15) is 0 Å². The maximum atomic E-state index is 11.6. The molecule has 13 heteroatoms. The van der Waals surface area contributed by atoms with Crippen molar-refractivity contribution in [3.05, 3.63) is 70.3 Å². The van der Waals surface area contributed by atoms with Crippen LogP contribution in [0.25, 0.3) is 0 Å². The van der Waals surface area contributed by atoms with E-state index >= 15 is 0 Å². The molecule has 4 rings (SSSR count). The molecule has 2 N–H and O–H groups in total. The highest BCUT2D eigenvalue weighted by Gasteiger charge is 2.39. The summed E-state index contributed by atoms with van der Waals surface area (Å²) in [6.07, 6.45) is 9.23. The number of nitrogens with zero attached hydrogens (tertiary/aromatic N) is 3. The molecule has 6 atom stereocenters. The van der Waals surface area contributed by atoms with Crippen LogP contribution in [0.3, 0.4) is 0 Å². The standard InChI is InChI=1S/C36H51ClN2O5.C3H8N2O2S/c1-6-9-28-20-31(37)13-15-32(28)30-23-39(34-21-27(25(2)40)12-16-36(34)44-24-30)22-29-11-14-33(29)35(43-19-18-42-5)10-7-8-17-38(4)26(3)41;1-5(2)8(7)4-3-6/h7,10,12-13,15-16,20-21,25,29-30,33,35,40H,6,8-9,11,14,17-19,22-24H2,1-5H3;3H,1-2H3,(H,4,6)/b10-7+;. The number of aliphatic hydroxyl groups is 1. The third-order valence-electron chi connectivity index (χ3n) is 9.68. The number of nitrogens with one attached hydrogen (secondary N) is 1. The van der Waals surface area contributed by atoms with Crippen LogP contribution in [0.15, 0.2) is 48.6 Å². The summed E-state index contributed by atoms with van der Waals surface area (Å²) in [4.78, 5) is 25.4. The van der Waals surface area contributed by atoms with Gasteiger partial charge in [0.25, 0.3) is 0 Å². The highest BCUT2D eigenvalue weighted by atomic mass is 35.5. The van der Waals surface area contributed by atoms with E-state index in [2.05, 4.69) is 46.9 Å². The molecule has 0 bridgehead atoms. The fraction of sp³-hybridized carbons (Fsp3) is 0.590. The van der Waals surface area contributed by atoms with Crippen LogP contribution in [0.1, 0.15) is 75.2 Å². The Labute approximate surface area is 318 Å². The second kappa shape index (κ2) is 22.3. The molecular weight excluding hydrogens is 704 g/mol. The number of rotatable bonds is 18. The van der Waals surface area contributed by atoms with Crippen molar-refractivity contribution in [1.29, 1.82) is 0 Å². The van der Waals surface area contributed by atoms with Gasteiger partial charge in [-0.05, 0) is 85.4 Å². The van der Waals surface area contributed by atoms with Crippen LogP contribution >= 0.6 is 11.6 Å². The zero-order valence-electron chi connectivity index (χ0n) is 31.9. The number of aliphatic hydroxyl groups excluding tert-OH is 1. The van der Waals surface area contributed by atoms with Crippen LogP contribution in [-0.2, 0) is 36.7 Å². The molecule has 0 radical (unpaired) electrons. The molecule has 2 amide bonds. The van der Waals surface area contributed by atoms with E-state index < -0.39 is 17.3 Å². The monoisotopic (exact) mass is 762 g/mol. The number of carbonyl (C=O) groups is 2. The summed E-state index contributed by atoms with van der Waals surface area (Å²) in [6.45, 7) is 9.67. The van der Waals surface area contributed by atoms with E-state index in [1.807, 2.05) is 32.2 Å². The second-order valence-electron chi connectivity index (χ2n) is 13.7. The van der Waals surface area contributed by atoms with Crippen LogP contribution < -0.4 is 14.4 Å². The molecule has 0 spiro atoms. The number of anilines is 1. The minimum Gasteiger partial charge on any atom is -0.491 e. The fourth-order valence-electron chi connectivity index (χ4n) is 6.52. The zero-order valence-corrected chi connectivity index (χ0v) is 33.5. The molecule has 1 fully saturated rings. The van der Waals surface area contributed by atoms with Gasteiger partial charge in [-0.1, -0.05) is 49.2 Å². The second-order valence-corrected chi connectivity index (χ2v) is 15.6. The molecular formula is C39H59ClN4O7S. The largest absolute Gasteiger partial charge is 0.491 e. The Bertz CT molecular complexity index is 1480. The van der Waals surface area contributed by atoms with Gasteiger partial charge in [0.15, 0.2) is 11.2 Å². The molecule has 2 aromatic rings. The Hall–Kier alpha value is -3.00. The Morgan fingerprint density at radius 1 is 1.19 bits per heavy atom. The van der Waals surface area contributed by atoms with Crippen molar-refractivity contribution >= 4 is 40.8 Å². The Balaban J connectivity index is 0.000000815. The number of hydrogen-bond donors (Lipinski definition) is 2. The summed E-state index contributed by atoms with van der Waals surface area (Å²) >= 11 is 5.07. The van der Waals surface area contributed by atoms with E-state index in [0.717, 1.165) is 67.2 Å². The molecule has 290 valence electrons. The first-order valence-electron chi connectivity index (χ1n) is 18.2. The van der Waals surface area contributed by atoms with Crippen LogP contribution in [0.5, 0.6) is 5.75 Å². The normalized spacial score (nSPS) is 20.0. The summed E-state index contributed by atoms with van der Waals surface area (Å²) in [7, 11) is 6.74. The molecule has 0 saturated heterocycles. The van der Waals surface area contributed by atoms with E-state index in [0.29, 0.717) is 44.6 Å². The molecule has 1 aliphatic carbocycles. The number of carbonyl (C=O) groups excluding carboxylic acids is 2. The topological polar surface area (TPSA) is 121 Å². The third-order valence-corrected chi connectivity index (χ3v) is 10.9. The van der Waals surface area contributed by atoms with Crippen molar-refractivity contribution in [3.8, 4) is 5.75 Å². The van der Waals surface area contributed by atoms with Gasteiger partial charge in [-0.25, -0.2) is 8.51 Å². The summed E-state index contributed by atoms with van der Waals surface area (Å²) < 4.78 is 32.0. The first-order valence-corrected chi connectivity index (χ1v) is 19.6. The van der Waals surface area contributed by atoms with Gasteiger partial charge in [0.05, 0.1) is 37.7 Å². The smallest absolute Gasteiger partial charge is 0.219 e. The summed E-state index contributed by atoms with van der Waals surface area (Å²) in [6, 6.07) is 12.4. The van der Waals surface area contributed by atoms with Gasteiger partial charge in [0, 0.05) is 65.8 Å². The predicted molar refractivity (Wildman–Crippen MR) is 209 cm³/mol. The third kappa shape index (κ3) is 13.1. The lowest BCUT2D eigenvalue weighted by molar-refractivity contribution is -0.127. The molecule has 1 heterocycles. The average Bonchev–Trinajstić information content (AvgIpc) is 3.27. The van der Waals surface area contributed by atoms with E-state index in [4.69, 9.17) is 25.8 Å². The Morgan fingerprint density at radius 3 is 2.56 bits per heavy atom. The van der Waals surface area contributed by atoms with Crippen molar-refractivity contribution in [2.75, 3.05) is 72.6 Å². The number of aryl methyl sites for hydroxylation is 1. The van der Waals surface area contributed by atoms with E-state index in [9.17, 15) is 18.9 Å². The molecule has 6 unspecified atom stereocenters. The van der Waals surface area contributed by atoms with Crippen molar-refractivity contribution < 1.29 is 33.1 Å². The molecule has 0 aromatic heterocycles. The van der Waals surface area contributed by atoms with E-state index in [1.54, 1.807) is 33.0 Å². The number of ether oxygens (including phenoxy) is 3. The highest BCUT2D eigenvalue weighted by Crippen LogP contribution is 2.43. The van der Waals surface area contributed by atoms with Crippen molar-refractivity contribution in [2.45, 2.75) is 71.0 Å². The van der Waals surface area contributed by atoms with Crippen LogP contribution in [-0.4, -0.2) is 105 Å². The van der Waals surface area contributed by atoms with Crippen molar-refractivity contribution in [3.63, 3.8) is 0 Å². The lowest BCUT2D eigenvalue weighted by Crippen LogP contribution is -2.44. The molecule has 11 nitrogen and oxygen atoms in total. The van der Waals surface area contributed by atoms with Gasteiger partial charge in [0.2, 0.25) is 12.3 Å². The predicted octanol–water partition coefficient (Wildman–Crippen LogP) is 5.68. The maximum Gasteiger partial charge on any atom is 0.219 e. The number of fused-ring (bicyclic) bond motifs is 1. The van der Waals surface area contributed by atoms with E-state index in [1.165, 1.54) is 15.4 Å². The average molecular weight is 763 g/mol. The number of amides is 2. The SMILES string of the molecule is CCCc1cc(Cl)ccc1C1COc2ccc(C(C)O)cc2N(CC2CCC2C(/C=C/CCN(C)C(C)=O)OCCOC)C1.CN(C)S(=O)NC=O. The summed E-state index contributed by atoms with van der Waals surface area (Å²) in [5, 5.41) is 11.2. The van der Waals surface area contributed by atoms with E-state index in [-0.39, 0.29) is 17.9 Å². The number of hydrogen-bond acceptors (Lipinski definition) is 8. The lowest BCUT2D eigenvalue weighted by atomic mass is 9.70. The zero-order chi connectivity index (χ0) is 38.2.